The van der Waals surface area contributed by atoms with E-state index in [-0.39, 0.29) is 11.4 Å². The number of carbonyl (C=O) groups is 1. The van der Waals surface area contributed by atoms with Crippen molar-refractivity contribution in [2.75, 3.05) is 21.0 Å². The van der Waals surface area contributed by atoms with Gasteiger partial charge in [-0.3, -0.25) is 19.4 Å². The number of nitrogens with one attached hydrogen (secondary N) is 1. The average molecular weight is 348 g/mol. The van der Waals surface area contributed by atoms with E-state index in [1.807, 2.05) is 0 Å². The van der Waals surface area contributed by atoms with Crippen LogP contribution in [0, 0.1) is 10.1 Å². The van der Waals surface area contributed by atoms with Gasteiger partial charge >= 0.3 is 13.7 Å². The van der Waals surface area contributed by atoms with Gasteiger partial charge in [0.1, 0.15) is 11.8 Å². The fraction of sp³-hybridized carbons (Fsp3) is 0.417. The molecule has 1 aromatic rings. The summed E-state index contributed by atoms with van der Waals surface area (Å²) in [6.07, 6.45) is 0. The largest absolute Gasteiger partial charge is 0.468 e. The number of nitro groups is 1. The molecule has 0 heterocycles. The number of esters is 1. The number of ether oxygens (including phenoxy) is 2. The molecule has 128 valence electrons. The number of benzene rings is 1. The second-order valence-electron chi connectivity index (χ2n) is 4.20. The predicted molar refractivity (Wildman–Crippen MR) is 78.9 cm³/mol. The first-order valence-electron chi connectivity index (χ1n) is 6.34. The Labute approximate surface area is 132 Å². The average Bonchev–Trinajstić information content (AvgIpc) is 2.54. The third kappa shape index (κ3) is 5.95. The number of nitro benzene ring substituents is 1. The van der Waals surface area contributed by atoms with Crippen molar-refractivity contribution in [2.24, 2.45) is 0 Å². The van der Waals surface area contributed by atoms with Gasteiger partial charge in [-0.1, -0.05) is 0 Å². The number of hydrogen-bond acceptors (Lipinski definition) is 8. The minimum Gasteiger partial charge on any atom is -0.468 e. The van der Waals surface area contributed by atoms with Crippen molar-refractivity contribution in [1.82, 2.24) is 5.09 Å². The number of non-ortho nitro benzene ring substituents is 1. The fourth-order valence-corrected chi connectivity index (χ4v) is 2.49. The quantitative estimate of drug-likeness (QED) is 0.234. The maximum Gasteiger partial charge on any atom is 0.408 e. The summed E-state index contributed by atoms with van der Waals surface area (Å²) >= 11 is 0. The van der Waals surface area contributed by atoms with E-state index >= 15 is 0 Å². The third-order valence-corrected chi connectivity index (χ3v) is 4.27. The summed E-state index contributed by atoms with van der Waals surface area (Å²) in [5, 5.41) is 12.9. The number of carbonyl (C=O) groups excluding carboxylic acids is 1. The highest BCUT2D eigenvalue weighted by molar-refractivity contribution is 7.51. The van der Waals surface area contributed by atoms with Gasteiger partial charge in [0.25, 0.3) is 5.69 Å². The molecule has 1 aromatic carbocycles. The monoisotopic (exact) mass is 348 g/mol. The van der Waals surface area contributed by atoms with Crippen LogP contribution in [0.5, 0.6) is 5.75 Å². The Bertz CT molecular complexity index is 591. The highest BCUT2D eigenvalue weighted by atomic mass is 31.2. The smallest absolute Gasteiger partial charge is 0.408 e. The molecule has 11 heteroatoms. The summed E-state index contributed by atoms with van der Waals surface area (Å²) in [7, 11) is -1.44. The first-order valence-corrected chi connectivity index (χ1v) is 7.89. The van der Waals surface area contributed by atoms with Crippen molar-refractivity contribution < 1.29 is 32.8 Å². The van der Waals surface area contributed by atoms with Crippen LogP contribution >= 0.6 is 7.75 Å². The molecule has 0 aromatic heterocycles. The van der Waals surface area contributed by atoms with E-state index in [4.69, 9.17) is 13.8 Å². The predicted octanol–water partition coefficient (Wildman–Crippen LogP) is 1.85. The Morgan fingerprint density at radius 1 is 1.35 bits per heavy atom. The molecule has 1 N–H and O–H groups in total. The SMILES string of the molecule is COC(=O)[C@H](C)NP(=O)(OC)OCOc1ccc([N+](=O)[O-])cc1. The van der Waals surface area contributed by atoms with Crippen LogP contribution in [0.3, 0.4) is 0 Å². The number of methoxy groups -OCH3 is 1. The maximum atomic E-state index is 12.2. The van der Waals surface area contributed by atoms with Gasteiger partial charge in [-0.25, -0.2) is 9.65 Å². The summed E-state index contributed by atoms with van der Waals surface area (Å²) in [6, 6.07) is 4.32. The van der Waals surface area contributed by atoms with Crippen molar-refractivity contribution in [3.8, 4) is 5.75 Å². The van der Waals surface area contributed by atoms with Gasteiger partial charge in [0.2, 0.25) is 0 Å². The molecule has 1 rings (SSSR count). The van der Waals surface area contributed by atoms with Crippen LogP contribution in [-0.2, 0) is 23.1 Å². The van der Waals surface area contributed by atoms with Crippen LogP contribution in [-0.4, -0.2) is 37.9 Å². The van der Waals surface area contributed by atoms with Crippen LogP contribution in [0.15, 0.2) is 24.3 Å². The van der Waals surface area contributed by atoms with Gasteiger partial charge in [0.05, 0.1) is 12.0 Å². The molecular formula is C12H17N2O8P. The molecule has 0 saturated heterocycles. The number of nitrogens with zero attached hydrogens (tertiary/aromatic N) is 1. The van der Waals surface area contributed by atoms with Gasteiger partial charge in [-0.2, -0.15) is 0 Å². The topological polar surface area (TPSA) is 126 Å². The van der Waals surface area contributed by atoms with Crippen LogP contribution in [0.1, 0.15) is 6.92 Å². The van der Waals surface area contributed by atoms with Gasteiger partial charge in [-0.15, -0.1) is 0 Å². The molecule has 10 nitrogen and oxygen atoms in total. The van der Waals surface area contributed by atoms with Gasteiger partial charge < -0.3 is 14.0 Å². The Morgan fingerprint density at radius 2 is 1.96 bits per heavy atom. The van der Waals surface area contributed by atoms with Gasteiger partial charge in [0.15, 0.2) is 6.79 Å². The van der Waals surface area contributed by atoms with E-state index in [1.165, 1.54) is 38.3 Å². The van der Waals surface area contributed by atoms with E-state index in [1.54, 1.807) is 0 Å². The van der Waals surface area contributed by atoms with Crippen molar-refractivity contribution in [1.29, 1.82) is 0 Å². The maximum absolute atomic E-state index is 12.2. The molecule has 0 spiro atoms. The molecule has 0 bridgehead atoms. The van der Waals surface area contributed by atoms with Gasteiger partial charge in [0, 0.05) is 19.2 Å². The molecule has 1 unspecified atom stereocenters. The Balaban J connectivity index is 2.55. The van der Waals surface area contributed by atoms with Crippen LogP contribution < -0.4 is 9.82 Å². The van der Waals surface area contributed by atoms with Crippen molar-refractivity contribution in [3.05, 3.63) is 34.4 Å². The molecule has 23 heavy (non-hydrogen) atoms. The number of hydrogen-bond donors (Lipinski definition) is 1. The Hall–Kier alpha value is -2.00. The second-order valence-corrected chi connectivity index (χ2v) is 6.07. The lowest BCUT2D eigenvalue weighted by atomic mass is 10.3. The number of rotatable bonds is 9. The van der Waals surface area contributed by atoms with Crippen LogP contribution in [0.4, 0.5) is 5.69 Å². The lowest BCUT2D eigenvalue weighted by Crippen LogP contribution is -2.33. The Kier molecular flexibility index (Phi) is 7.11. The molecule has 2 atom stereocenters. The van der Waals surface area contributed by atoms with Crippen molar-refractivity contribution >= 4 is 19.4 Å². The zero-order valence-electron chi connectivity index (χ0n) is 12.8. The van der Waals surface area contributed by atoms with E-state index in [0.717, 1.165) is 7.11 Å². The van der Waals surface area contributed by atoms with Crippen LogP contribution in [0.2, 0.25) is 0 Å². The summed E-state index contributed by atoms with van der Waals surface area (Å²) in [6.45, 7) is 0.974. The summed E-state index contributed by atoms with van der Waals surface area (Å²) < 4.78 is 31.6. The second kappa shape index (κ2) is 8.59. The highest BCUT2D eigenvalue weighted by Gasteiger charge is 2.29. The molecule has 0 aliphatic heterocycles. The van der Waals surface area contributed by atoms with Crippen molar-refractivity contribution in [2.45, 2.75) is 13.0 Å². The molecular weight excluding hydrogens is 331 g/mol. The first-order chi connectivity index (χ1) is 10.8. The molecule has 0 saturated carbocycles. The van der Waals surface area contributed by atoms with E-state index in [0.29, 0.717) is 0 Å². The highest BCUT2D eigenvalue weighted by Crippen LogP contribution is 2.43. The zero-order chi connectivity index (χ0) is 17.5. The van der Waals surface area contributed by atoms with Crippen molar-refractivity contribution in [3.63, 3.8) is 0 Å². The molecule has 0 aliphatic carbocycles. The summed E-state index contributed by atoms with van der Waals surface area (Å²) in [4.78, 5) is 21.3. The third-order valence-electron chi connectivity index (χ3n) is 2.64. The molecule has 0 radical (unpaired) electrons. The fourth-order valence-electron chi connectivity index (χ4n) is 1.44. The Morgan fingerprint density at radius 3 is 2.43 bits per heavy atom. The normalized spacial score (nSPS) is 14.6. The van der Waals surface area contributed by atoms with E-state index < -0.39 is 31.5 Å². The minimum atomic E-state index is -3.77. The summed E-state index contributed by atoms with van der Waals surface area (Å²) in [5.41, 5.74) is -0.0885. The summed E-state index contributed by atoms with van der Waals surface area (Å²) in [5.74, 6) is -0.360. The van der Waals surface area contributed by atoms with Gasteiger partial charge in [-0.05, 0) is 19.1 Å². The molecule has 0 amide bonds. The molecule has 0 fully saturated rings. The minimum absolute atomic E-state index is 0.0885. The van der Waals surface area contributed by atoms with E-state index in [2.05, 4.69) is 9.82 Å². The zero-order valence-corrected chi connectivity index (χ0v) is 13.6. The van der Waals surface area contributed by atoms with E-state index in [9.17, 15) is 19.5 Å². The lowest BCUT2D eigenvalue weighted by Gasteiger charge is -2.20. The van der Waals surface area contributed by atoms with Crippen LogP contribution in [0.25, 0.3) is 0 Å². The first kappa shape index (κ1) is 19.0. The lowest BCUT2D eigenvalue weighted by molar-refractivity contribution is -0.384. The standard InChI is InChI=1S/C12H17N2O8P/c1-9(12(15)19-2)13-23(18,20-3)22-8-21-11-6-4-10(5-7-11)14(16)17/h4-7,9H,8H2,1-3H3,(H,13,18)/t9-,23?/m0/s1. The molecule has 0 aliphatic rings.